The van der Waals surface area contributed by atoms with Crippen LogP contribution in [0.15, 0.2) is 36.5 Å². The van der Waals surface area contributed by atoms with E-state index < -0.39 is 11.9 Å². The number of hydrogen-bond acceptors (Lipinski definition) is 5. The van der Waals surface area contributed by atoms with E-state index in [-0.39, 0.29) is 29.7 Å². The quantitative estimate of drug-likeness (QED) is 0.627. The Bertz CT molecular complexity index is 993. The highest BCUT2D eigenvalue weighted by molar-refractivity contribution is 5.36. The van der Waals surface area contributed by atoms with E-state index in [1.807, 2.05) is 35.2 Å². The number of nitrogens with one attached hydrogen (secondary N) is 1. The standard InChI is InChI=1S/C26H31F3N4O/c27-26(28,29)23-21(15-33-6-7-34-22(16-33)20-4-2-1-3-5-20)14-30-24(31-23)32-25-11-17-8-18(12-25)10-19(9-17)13-25/h1-5,14,17-19,22H,6-13,15-16H2,(H,30,31,32). The van der Waals surface area contributed by atoms with Gasteiger partial charge in [-0.25, -0.2) is 9.97 Å². The van der Waals surface area contributed by atoms with E-state index >= 15 is 0 Å². The lowest BCUT2D eigenvalue weighted by molar-refractivity contribution is -0.142. The number of hydrogen-bond donors (Lipinski definition) is 1. The summed E-state index contributed by atoms with van der Waals surface area (Å²) >= 11 is 0. The van der Waals surface area contributed by atoms with Crippen LogP contribution < -0.4 is 5.32 Å². The summed E-state index contributed by atoms with van der Waals surface area (Å²) in [7, 11) is 0. The Labute approximate surface area is 198 Å². The Morgan fingerprint density at radius 3 is 2.35 bits per heavy atom. The van der Waals surface area contributed by atoms with Crippen molar-refractivity contribution in [1.82, 2.24) is 14.9 Å². The molecule has 2 heterocycles. The van der Waals surface area contributed by atoms with Crippen LogP contribution in [0.25, 0.3) is 0 Å². The van der Waals surface area contributed by atoms with Crippen LogP contribution in [-0.2, 0) is 17.5 Å². The summed E-state index contributed by atoms with van der Waals surface area (Å²) in [6.45, 7) is 1.75. The molecule has 5 nitrogen and oxygen atoms in total. The van der Waals surface area contributed by atoms with Gasteiger partial charge in [-0.2, -0.15) is 13.2 Å². The van der Waals surface area contributed by atoms with E-state index in [1.165, 1.54) is 25.5 Å². The van der Waals surface area contributed by atoms with Crippen LogP contribution in [0, 0.1) is 17.8 Å². The second kappa shape index (κ2) is 8.48. The highest BCUT2D eigenvalue weighted by atomic mass is 19.4. The fraction of sp³-hybridized carbons (Fsp3) is 0.615. The first-order valence-electron chi connectivity index (χ1n) is 12.5. The molecule has 1 atom stereocenters. The van der Waals surface area contributed by atoms with Gasteiger partial charge in [0.25, 0.3) is 0 Å². The van der Waals surface area contributed by atoms with Crippen molar-refractivity contribution in [2.45, 2.75) is 62.9 Å². The number of rotatable bonds is 5. The summed E-state index contributed by atoms with van der Waals surface area (Å²) in [4.78, 5) is 10.5. The third-order valence-electron chi connectivity index (χ3n) is 8.26. The average molecular weight is 473 g/mol. The van der Waals surface area contributed by atoms with Crippen LogP contribution in [0.2, 0.25) is 0 Å². The Balaban J connectivity index is 1.20. The van der Waals surface area contributed by atoms with Crippen molar-refractivity contribution >= 4 is 5.95 Å². The number of anilines is 1. The summed E-state index contributed by atoms with van der Waals surface area (Å²) in [6, 6.07) is 9.81. The normalized spacial score (nSPS) is 33.3. The molecule has 7 rings (SSSR count). The lowest BCUT2D eigenvalue weighted by Crippen LogP contribution is -2.55. The number of benzene rings is 1. The Hall–Kier alpha value is -2.19. The van der Waals surface area contributed by atoms with Crippen LogP contribution in [0.4, 0.5) is 19.1 Å². The molecule has 1 aromatic carbocycles. The van der Waals surface area contributed by atoms with Gasteiger partial charge in [-0.05, 0) is 61.8 Å². The van der Waals surface area contributed by atoms with Gasteiger partial charge in [-0.3, -0.25) is 4.90 Å². The Morgan fingerprint density at radius 2 is 1.71 bits per heavy atom. The molecule has 5 aliphatic rings. The van der Waals surface area contributed by atoms with Crippen LogP contribution in [-0.4, -0.2) is 40.1 Å². The molecule has 4 bridgehead atoms. The first-order chi connectivity index (χ1) is 16.4. The highest BCUT2D eigenvalue weighted by Gasteiger charge is 2.51. The van der Waals surface area contributed by atoms with Crippen LogP contribution in [0.5, 0.6) is 0 Å². The van der Waals surface area contributed by atoms with Gasteiger partial charge in [0.15, 0.2) is 5.69 Å². The second-order valence-corrected chi connectivity index (χ2v) is 10.9. The predicted molar refractivity (Wildman–Crippen MR) is 122 cm³/mol. The fourth-order valence-corrected chi connectivity index (χ4v) is 7.29. The van der Waals surface area contributed by atoms with E-state index in [0.717, 1.165) is 24.8 Å². The zero-order valence-electron chi connectivity index (χ0n) is 19.2. The van der Waals surface area contributed by atoms with Gasteiger partial charge in [-0.15, -0.1) is 0 Å². The maximum Gasteiger partial charge on any atom is 0.433 e. The molecule has 4 saturated carbocycles. The molecular weight excluding hydrogens is 441 g/mol. The molecule has 0 spiro atoms. The van der Waals surface area contributed by atoms with Crippen molar-refractivity contribution in [2.24, 2.45) is 17.8 Å². The molecular formula is C26H31F3N4O. The SMILES string of the molecule is FC(F)(F)c1nc(NC23CC4CC(CC(C4)C2)C3)ncc1CN1CCOC(c2ccccc2)C1. The molecule has 1 aliphatic heterocycles. The van der Waals surface area contributed by atoms with Gasteiger partial charge in [0, 0.05) is 36.9 Å². The third-order valence-corrected chi connectivity index (χ3v) is 8.26. The molecule has 1 unspecified atom stereocenters. The molecule has 1 saturated heterocycles. The zero-order chi connectivity index (χ0) is 23.3. The molecule has 1 N–H and O–H groups in total. The maximum absolute atomic E-state index is 14.1. The zero-order valence-corrected chi connectivity index (χ0v) is 19.2. The van der Waals surface area contributed by atoms with E-state index in [9.17, 15) is 13.2 Å². The summed E-state index contributed by atoms with van der Waals surface area (Å²) in [5.74, 6) is 2.21. The van der Waals surface area contributed by atoms with Crippen LogP contribution >= 0.6 is 0 Å². The molecule has 34 heavy (non-hydrogen) atoms. The summed E-state index contributed by atoms with van der Waals surface area (Å²) in [5, 5.41) is 3.40. The molecule has 5 fully saturated rings. The minimum atomic E-state index is -4.53. The van der Waals surface area contributed by atoms with Crippen molar-refractivity contribution in [2.75, 3.05) is 25.0 Å². The molecule has 0 radical (unpaired) electrons. The molecule has 0 amide bonds. The van der Waals surface area contributed by atoms with Crippen molar-refractivity contribution in [1.29, 1.82) is 0 Å². The lowest BCUT2D eigenvalue weighted by atomic mass is 9.53. The van der Waals surface area contributed by atoms with Gasteiger partial charge in [0.2, 0.25) is 5.95 Å². The smallest absolute Gasteiger partial charge is 0.371 e. The van der Waals surface area contributed by atoms with Gasteiger partial charge >= 0.3 is 6.18 Å². The first kappa shape index (κ1) is 22.3. The van der Waals surface area contributed by atoms with E-state index in [1.54, 1.807) is 0 Å². The predicted octanol–water partition coefficient (Wildman–Crippen LogP) is 5.45. The van der Waals surface area contributed by atoms with Crippen molar-refractivity contribution in [3.05, 3.63) is 53.3 Å². The van der Waals surface area contributed by atoms with Gasteiger partial charge in [-0.1, -0.05) is 30.3 Å². The summed E-state index contributed by atoms with van der Waals surface area (Å²) in [6.07, 6.45) is 3.61. The topological polar surface area (TPSA) is 50.3 Å². The lowest BCUT2D eigenvalue weighted by Gasteiger charge is -2.56. The number of halogens is 3. The highest BCUT2D eigenvalue weighted by Crippen LogP contribution is 2.56. The summed E-state index contributed by atoms with van der Waals surface area (Å²) < 4.78 is 48.1. The largest absolute Gasteiger partial charge is 0.433 e. The van der Waals surface area contributed by atoms with Crippen molar-refractivity contribution in [3.8, 4) is 0 Å². The number of nitrogens with zero attached hydrogens (tertiary/aromatic N) is 3. The van der Waals surface area contributed by atoms with E-state index in [0.29, 0.717) is 37.5 Å². The van der Waals surface area contributed by atoms with Gasteiger partial charge in [0.1, 0.15) is 0 Å². The van der Waals surface area contributed by atoms with E-state index in [2.05, 4.69) is 15.3 Å². The monoisotopic (exact) mass is 472 g/mol. The summed E-state index contributed by atoms with van der Waals surface area (Å²) in [5.41, 5.74) is 0.205. The Kier molecular flexibility index (Phi) is 5.56. The minimum Gasteiger partial charge on any atom is -0.371 e. The number of ether oxygens (including phenoxy) is 1. The maximum atomic E-state index is 14.1. The van der Waals surface area contributed by atoms with Gasteiger partial charge in [0.05, 0.1) is 12.7 Å². The third kappa shape index (κ3) is 4.42. The van der Waals surface area contributed by atoms with Crippen molar-refractivity contribution in [3.63, 3.8) is 0 Å². The molecule has 182 valence electrons. The number of alkyl halides is 3. The van der Waals surface area contributed by atoms with Gasteiger partial charge < -0.3 is 10.1 Å². The second-order valence-electron chi connectivity index (χ2n) is 10.9. The first-order valence-corrected chi connectivity index (χ1v) is 12.5. The number of morpholine rings is 1. The fourth-order valence-electron chi connectivity index (χ4n) is 7.29. The van der Waals surface area contributed by atoms with Crippen LogP contribution in [0.1, 0.15) is 61.4 Å². The Morgan fingerprint density at radius 1 is 1.03 bits per heavy atom. The van der Waals surface area contributed by atoms with Crippen LogP contribution in [0.3, 0.4) is 0 Å². The minimum absolute atomic E-state index is 0.122. The number of aromatic nitrogens is 2. The average Bonchev–Trinajstić information content (AvgIpc) is 2.79. The molecule has 1 aromatic heterocycles. The molecule has 2 aromatic rings. The van der Waals surface area contributed by atoms with E-state index in [4.69, 9.17) is 4.74 Å². The molecule has 4 aliphatic carbocycles. The van der Waals surface area contributed by atoms with Crippen molar-refractivity contribution < 1.29 is 17.9 Å². The molecule has 8 heteroatoms.